The summed E-state index contributed by atoms with van der Waals surface area (Å²) in [5.41, 5.74) is 0.323. The van der Waals surface area contributed by atoms with Gasteiger partial charge in [-0.25, -0.2) is 0 Å². The zero-order chi connectivity index (χ0) is 9.61. The highest BCUT2D eigenvalue weighted by Gasteiger charge is 2.22. The van der Waals surface area contributed by atoms with Crippen LogP contribution < -0.4 is 5.32 Å². The molecular formula is C10H22ClN. The molecule has 1 nitrogen and oxygen atoms in total. The molecule has 0 saturated heterocycles. The van der Waals surface area contributed by atoms with Crippen LogP contribution in [-0.2, 0) is 0 Å². The van der Waals surface area contributed by atoms with Gasteiger partial charge in [-0.3, -0.25) is 0 Å². The van der Waals surface area contributed by atoms with Crippen molar-refractivity contribution >= 4 is 11.6 Å². The molecule has 0 fully saturated rings. The molecule has 0 aromatic heterocycles. The van der Waals surface area contributed by atoms with Gasteiger partial charge < -0.3 is 5.32 Å². The van der Waals surface area contributed by atoms with Gasteiger partial charge in [0, 0.05) is 11.9 Å². The van der Waals surface area contributed by atoms with Crippen LogP contribution in [0, 0.1) is 5.41 Å². The summed E-state index contributed by atoms with van der Waals surface area (Å²) < 4.78 is 0. The summed E-state index contributed by atoms with van der Waals surface area (Å²) >= 11 is 5.74. The summed E-state index contributed by atoms with van der Waals surface area (Å²) in [6.45, 7) is 10.1. The van der Waals surface area contributed by atoms with Gasteiger partial charge in [-0.1, -0.05) is 27.7 Å². The van der Waals surface area contributed by atoms with Crippen LogP contribution >= 0.6 is 11.6 Å². The minimum Gasteiger partial charge on any atom is -0.313 e. The second-order valence-electron chi connectivity index (χ2n) is 4.35. The van der Waals surface area contributed by atoms with E-state index in [2.05, 4.69) is 33.0 Å². The fraction of sp³-hybridized carbons (Fsp3) is 1.00. The highest BCUT2D eigenvalue weighted by atomic mass is 35.5. The fourth-order valence-corrected chi connectivity index (χ4v) is 1.49. The number of alkyl halides is 1. The predicted octanol–water partition coefficient (Wildman–Crippen LogP) is 3.03. The quantitative estimate of drug-likeness (QED) is 0.659. The van der Waals surface area contributed by atoms with E-state index in [1.807, 2.05) is 0 Å². The topological polar surface area (TPSA) is 12.0 Å². The van der Waals surface area contributed by atoms with Gasteiger partial charge in [-0.15, -0.1) is 11.6 Å². The van der Waals surface area contributed by atoms with E-state index in [-0.39, 0.29) is 0 Å². The first-order valence-corrected chi connectivity index (χ1v) is 5.35. The molecule has 0 aliphatic rings. The van der Waals surface area contributed by atoms with Crippen molar-refractivity contribution in [2.45, 2.75) is 46.6 Å². The van der Waals surface area contributed by atoms with Gasteiger partial charge >= 0.3 is 0 Å². The minimum atomic E-state index is 0.323. The molecule has 74 valence electrons. The molecule has 0 aliphatic carbocycles. The van der Waals surface area contributed by atoms with Gasteiger partial charge in [-0.2, -0.15) is 0 Å². The first kappa shape index (κ1) is 12.2. The van der Waals surface area contributed by atoms with Crippen molar-refractivity contribution in [1.82, 2.24) is 5.32 Å². The van der Waals surface area contributed by atoms with E-state index in [0.717, 1.165) is 18.8 Å². The molecule has 1 unspecified atom stereocenters. The van der Waals surface area contributed by atoms with E-state index in [1.54, 1.807) is 0 Å². The molecule has 12 heavy (non-hydrogen) atoms. The van der Waals surface area contributed by atoms with Gasteiger partial charge in [0.25, 0.3) is 0 Å². The van der Waals surface area contributed by atoms with Crippen molar-refractivity contribution < 1.29 is 0 Å². The summed E-state index contributed by atoms with van der Waals surface area (Å²) in [5.74, 6) is 0.749. The summed E-state index contributed by atoms with van der Waals surface area (Å²) in [4.78, 5) is 0. The van der Waals surface area contributed by atoms with Crippen molar-refractivity contribution in [2.75, 3.05) is 12.4 Å². The largest absolute Gasteiger partial charge is 0.313 e. The van der Waals surface area contributed by atoms with Gasteiger partial charge in [0.2, 0.25) is 0 Å². The van der Waals surface area contributed by atoms with Crippen LogP contribution in [0.25, 0.3) is 0 Å². The van der Waals surface area contributed by atoms with Crippen LogP contribution in [0.5, 0.6) is 0 Å². The number of hydrogen-bond donors (Lipinski definition) is 1. The van der Waals surface area contributed by atoms with Crippen molar-refractivity contribution in [3.63, 3.8) is 0 Å². The monoisotopic (exact) mass is 191 g/mol. The smallest absolute Gasteiger partial charge is 0.0238 e. The highest BCUT2D eigenvalue weighted by Crippen LogP contribution is 2.21. The Morgan fingerprint density at radius 3 is 2.25 bits per heavy atom. The van der Waals surface area contributed by atoms with Gasteiger partial charge in [-0.05, 0) is 24.8 Å². The minimum absolute atomic E-state index is 0.323. The third-order valence-corrected chi connectivity index (χ3v) is 2.30. The van der Waals surface area contributed by atoms with Crippen molar-refractivity contribution in [3.8, 4) is 0 Å². The van der Waals surface area contributed by atoms with E-state index < -0.39 is 0 Å². The third kappa shape index (κ3) is 5.00. The second-order valence-corrected chi connectivity index (χ2v) is 4.73. The summed E-state index contributed by atoms with van der Waals surface area (Å²) in [6.07, 6.45) is 2.25. The molecule has 0 rings (SSSR count). The zero-order valence-electron chi connectivity index (χ0n) is 8.78. The van der Waals surface area contributed by atoms with Crippen LogP contribution in [0.15, 0.2) is 0 Å². The Labute approximate surface area is 81.9 Å². The molecule has 2 heteroatoms. The lowest BCUT2D eigenvalue weighted by Gasteiger charge is -2.31. The maximum atomic E-state index is 5.74. The molecule has 0 amide bonds. The Morgan fingerprint density at radius 2 is 1.92 bits per heavy atom. The summed E-state index contributed by atoms with van der Waals surface area (Å²) in [7, 11) is 0. The zero-order valence-corrected chi connectivity index (χ0v) is 9.54. The van der Waals surface area contributed by atoms with E-state index in [4.69, 9.17) is 11.6 Å². The predicted molar refractivity (Wildman–Crippen MR) is 56.9 cm³/mol. The first-order valence-electron chi connectivity index (χ1n) is 4.81. The first-order chi connectivity index (χ1) is 5.52. The van der Waals surface area contributed by atoms with Crippen LogP contribution in [-0.4, -0.2) is 18.5 Å². The molecule has 0 radical (unpaired) electrons. The molecular weight excluding hydrogens is 170 g/mol. The number of halogens is 1. The normalized spacial score (nSPS) is 14.8. The van der Waals surface area contributed by atoms with E-state index in [9.17, 15) is 0 Å². The van der Waals surface area contributed by atoms with Crippen molar-refractivity contribution in [3.05, 3.63) is 0 Å². The number of hydrogen-bond acceptors (Lipinski definition) is 1. The summed E-state index contributed by atoms with van der Waals surface area (Å²) in [5, 5.41) is 3.53. The number of nitrogens with one attached hydrogen (secondary N) is 1. The Balaban J connectivity index is 3.86. The summed E-state index contributed by atoms with van der Waals surface area (Å²) in [6, 6.07) is 0.551. The maximum Gasteiger partial charge on any atom is 0.0238 e. The Bertz CT molecular complexity index is 107. The average Bonchev–Trinajstić information content (AvgIpc) is 1.95. The lowest BCUT2D eigenvalue weighted by molar-refractivity contribution is 0.263. The molecule has 1 atom stereocenters. The Hall–Kier alpha value is 0.250. The van der Waals surface area contributed by atoms with E-state index >= 15 is 0 Å². The molecule has 0 spiro atoms. The lowest BCUT2D eigenvalue weighted by Crippen LogP contribution is -2.40. The van der Waals surface area contributed by atoms with Crippen LogP contribution in [0.1, 0.15) is 40.5 Å². The standard InChI is InChI=1S/C10H22ClN/c1-5-8-12-9(6-7-11)10(2,3)4/h9,12H,5-8H2,1-4H3. The Kier molecular flexibility index (Phi) is 5.94. The van der Waals surface area contributed by atoms with Crippen molar-refractivity contribution in [2.24, 2.45) is 5.41 Å². The van der Waals surface area contributed by atoms with E-state index in [1.165, 1.54) is 6.42 Å². The Morgan fingerprint density at radius 1 is 1.33 bits per heavy atom. The van der Waals surface area contributed by atoms with Gasteiger partial charge in [0.1, 0.15) is 0 Å². The maximum absolute atomic E-state index is 5.74. The van der Waals surface area contributed by atoms with Crippen LogP contribution in [0.3, 0.4) is 0 Å². The molecule has 0 aromatic rings. The van der Waals surface area contributed by atoms with Gasteiger partial charge in [0.15, 0.2) is 0 Å². The molecule has 0 aromatic carbocycles. The third-order valence-electron chi connectivity index (χ3n) is 2.08. The SMILES string of the molecule is CCCNC(CCCl)C(C)(C)C. The van der Waals surface area contributed by atoms with E-state index in [0.29, 0.717) is 11.5 Å². The highest BCUT2D eigenvalue weighted by molar-refractivity contribution is 6.17. The molecule has 0 bridgehead atoms. The van der Waals surface area contributed by atoms with Crippen LogP contribution in [0.2, 0.25) is 0 Å². The molecule has 0 heterocycles. The molecule has 0 saturated carbocycles. The number of rotatable bonds is 5. The lowest BCUT2D eigenvalue weighted by atomic mass is 9.85. The molecule has 1 N–H and O–H groups in total. The fourth-order valence-electron chi connectivity index (χ4n) is 1.27. The average molecular weight is 192 g/mol. The molecule has 0 aliphatic heterocycles. The second kappa shape index (κ2) is 5.82. The van der Waals surface area contributed by atoms with Crippen LogP contribution in [0.4, 0.5) is 0 Å². The van der Waals surface area contributed by atoms with Gasteiger partial charge in [0.05, 0.1) is 0 Å². The van der Waals surface area contributed by atoms with Crippen molar-refractivity contribution in [1.29, 1.82) is 0 Å².